The quantitative estimate of drug-likeness (QED) is 0.436. The molecule has 1 aromatic heterocycles. The molecule has 0 radical (unpaired) electrons. The third-order valence-corrected chi connectivity index (χ3v) is 8.63. The number of hydrogen-bond donors (Lipinski definition) is 0. The minimum absolute atomic E-state index is 0.0982. The minimum Gasteiger partial charge on any atom is -0.371 e. The number of aryl methyl sites for hydroxylation is 1. The number of benzene rings is 2. The molecule has 3 heterocycles. The molecule has 2 aliphatic heterocycles. The number of nitrogens with zero attached hydrogens (tertiary/aromatic N) is 5. The Bertz CT molecular complexity index is 1060. The summed E-state index contributed by atoms with van der Waals surface area (Å²) >= 11 is 1.87. The highest BCUT2D eigenvalue weighted by Gasteiger charge is 2.28. The van der Waals surface area contributed by atoms with Gasteiger partial charge in [-0.2, -0.15) is 0 Å². The molecular formula is C26H32FN5S. The summed E-state index contributed by atoms with van der Waals surface area (Å²) in [6, 6.07) is 17.4. The minimum atomic E-state index is -0.0982. The average Bonchev–Trinajstić information content (AvgIpc) is 3.28. The number of hydrogen-bond acceptors (Lipinski definition) is 5. The van der Waals surface area contributed by atoms with Gasteiger partial charge >= 0.3 is 0 Å². The highest BCUT2D eigenvalue weighted by Crippen LogP contribution is 2.43. The van der Waals surface area contributed by atoms with Crippen LogP contribution < -0.4 is 4.90 Å². The second-order valence-electron chi connectivity index (χ2n) is 9.29. The SMILES string of the molecule is Cc1nncn1C1CCN(c2ccc(CN3S[C@H](c4ccccc4)CC[C@@H]3C)c(F)c2)CC1. The van der Waals surface area contributed by atoms with Crippen molar-refractivity contribution in [1.82, 2.24) is 19.1 Å². The summed E-state index contributed by atoms with van der Waals surface area (Å²) in [6.45, 7) is 6.72. The normalized spacial score (nSPS) is 22.6. The molecule has 0 unspecified atom stereocenters. The third kappa shape index (κ3) is 4.94. The molecule has 0 aliphatic carbocycles. The van der Waals surface area contributed by atoms with Crippen LogP contribution in [0.2, 0.25) is 0 Å². The van der Waals surface area contributed by atoms with Gasteiger partial charge in [-0.3, -0.25) is 0 Å². The molecule has 5 nitrogen and oxygen atoms in total. The Morgan fingerprint density at radius 1 is 1.03 bits per heavy atom. The predicted molar refractivity (Wildman–Crippen MR) is 133 cm³/mol. The molecule has 2 aromatic carbocycles. The smallest absolute Gasteiger partial charge is 0.129 e. The molecule has 0 amide bonds. The van der Waals surface area contributed by atoms with E-state index >= 15 is 4.39 Å². The Kier molecular flexibility index (Phi) is 6.69. The zero-order valence-electron chi connectivity index (χ0n) is 19.4. The molecule has 2 fully saturated rings. The summed E-state index contributed by atoms with van der Waals surface area (Å²) in [7, 11) is 0. The first-order valence-electron chi connectivity index (χ1n) is 12.0. The maximum atomic E-state index is 15.2. The van der Waals surface area contributed by atoms with Crippen LogP contribution in [-0.2, 0) is 6.54 Å². The molecule has 0 saturated carbocycles. The van der Waals surface area contributed by atoms with Crippen molar-refractivity contribution in [3.8, 4) is 0 Å². The van der Waals surface area contributed by atoms with Crippen molar-refractivity contribution in [2.45, 2.75) is 63.4 Å². The monoisotopic (exact) mass is 465 g/mol. The van der Waals surface area contributed by atoms with Gasteiger partial charge in [0.05, 0.1) is 0 Å². The zero-order valence-corrected chi connectivity index (χ0v) is 20.2. The van der Waals surface area contributed by atoms with Crippen molar-refractivity contribution in [3.63, 3.8) is 0 Å². The summed E-state index contributed by atoms with van der Waals surface area (Å²) in [5.41, 5.74) is 3.12. The molecule has 7 heteroatoms. The number of piperidine rings is 1. The Balaban J connectivity index is 1.22. The second-order valence-corrected chi connectivity index (χ2v) is 10.5. The summed E-state index contributed by atoms with van der Waals surface area (Å²) < 4.78 is 19.7. The fourth-order valence-electron chi connectivity index (χ4n) is 5.03. The van der Waals surface area contributed by atoms with E-state index in [0.717, 1.165) is 49.4 Å². The van der Waals surface area contributed by atoms with E-state index in [2.05, 4.69) is 67.3 Å². The van der Waals surface area contributed by atoms with Crippen molar-refractivity contribution in [2.75, 3.05) is 18.0 Å². The highest BCUT2D eigenvalue weighted by molar-refractivity contribution is 7.97. The van der Waals surface area contributed by atoms with Gasteiger partial charge in [0.2, 0.25) is 0 Å². The van der Waals surface area contributed by atoms with Gasteiger partial charge in [-0.05, 0) is 57.2 Å². The van der Waals surface area contributed by atoms with Crippen molar-refractivity contribution in [2.24, 2.45) is 0 Å². The van der Waals surface area contributed by atoms with Crippen LogP contribution >= 0.6 is 11.9 Å². The predicted octanol–water partition coefficient (Wildman–Crippen LogP) is 5.94. The largest absolute Gasteiger partial charge is 0.371 e. The molecule has 2 aliphatic rings. The van der Waals surface area contributed by atoms with Crippen LogP contribution in [0.15, 0.2) is 54.9 Å². The number of aromatic nitrogens is 3. The van der Waals surface area contributed by atoms with E-state index < -0.39 is 0 Å². The van der Waals surface area contributed by atoms with Crippen LogP contribution in [0.5, 0.6) is 0 Å². The van der Waals surface area contributed by atoms with Gasteiger partial charge in [0.15, 0.2) is 0 Å². The topological polar surface area (TPSA) is 37.2 Å². The molecule has 3 aromatic rings. The highest BCUT2D eigenvalue weighted by atomic mass is 32.2. The summed E-state index contributed by atoms with van der Waals surface area (Å²) in [5, 5.41) is 8.57. The molecule has 0 N–H and O–H groups in total. The lowest BCUT2D eigenvalue weighted by Gasteiger charge is -2.37. The number of anilines is 1. The Morgan fingerprint density at radius 2 is 1.82 bits per heavy atom. The van der Waals surface area contributed by atoms with Gasteiger partial charge in [-0.25, -0.2) is 8.70 Å². The van der Waals surface area contributed by atoms with Crippen molar-refractivity contribution in [1.29, 1.82) is 0 Å². The van der Waals surface area contributed by atoms with Gasteiger partial charge in [0, 0.05) is 48.2 Å². The fourth-order valence-corrected chi connectivity index (χ4v) is 6.41. The first kappa shape index (κ1) is 22.4. The van der Waals surface area contributed by atoms with Crippen LogP contribution in [0.1, 0.15) is 60.9 Å². The Labute approximate surface area is 200 Å². The van der Waals surface area contributed by atoms with Gasteiger partial charge in [-0.1, -0.05) is 48.3 Å². The first-order valence-corrected chi connectivity index (χ1v) is 12.8. The van der Waals surface area contributed by atoms with Crippen LogP contribution in [0, 0.1) is 12.7 Å². The molecular weight excluding hydrogens is 433 g/mol. The van der Waals surface area contributed by atoms with E-state index in [4.69, 9.17) is 0 Å². The third-order valence-electron chi connectivity index (χ3n) is 7.11. The Morgan fingerprint density at radius 3 is 2.52 bits per heavy atom. The zero-order chi connectivity index (χ0) is 22.8. The van der Waals surface area contributed by atoms with E-state index in [1.54, 1.807) is 6.07 Å². The van der Waals surface area contributed by atoms with Crippen molar-refractivity contribution >= 4 is 17.6 Å². The summed E-state index contributed by atoms with van der Waals surface area (Å²) in [6.07, 6.45) is 6.16. The van der Waals surface area contributed by atoms with Gasteiger partial charge in [0.1, 0.15) is 18.0 Å². The lowest BCUT2D eigenvalue weighted by atomic mass is 10.0. The van der Waals surface area contributed by atoms with Crippen LogP contribution in [0.4, 0.5) is 10.1 Å². The second kappa shape index (κ2) is 9.85. The molecule has 5 rings (SSSR count). The average molecular weight is 466 g/mol. The molecule has 0 spiro atoms. The van der Waals surface area contributed by atoms with E-state index in [1.165, 1.54) is 12.0 Å². The maximum absolute atomic E-state index is 15.2. The standard InChI is InChI=1S/C26H32FN5S/c1-19-8-11-26(21-6-4-3-5-7-21)33-32(19)17-22-9-10-24(16-25(22)27)30-14-12-23(13-15-30)31-18-28-29-20(31)2/h3-7,9-10,16,18-19,23,26H,8,11-15,17H2,1-2H3/t19-,26-/m0/s1. The first-order chi connectivity index (χ1) is 16.1. The van der Waals surface area contributed by atoms with Crippen LogP contribution in [0.25, 0.3) is 0 Å². The van der Waals surface area contributed by atoms with E-state index in [1.807, 2.05) is 31.3 Å². The van der Waals surface area contributed by atoms with Gasteiger partial charge in [-0.15, -0.1) is 10.2 Å². The van der Waals surface area contributed by atoms with Crippen molar-refractivity contribution < 1.29 is 4.39 Å². The summed E-state index contributed by atoms with van der Waals surface area (Å²) in [4.78, 5) is 2.30. The Hall–Kier alpha value is -2.38. The van der Waals surface area contributed by atoms with E-state index in [0.29, 0.717) is 23.9 Å². The van der Waals surface area contributed by atoms with Crippen molar-refractivity contribution in [3.05, 3.63) is 77.6 Å². The molecule has 174 valence electrons. The van der Waals surface area contributed by atoms with Crippen LogP contribution in [0.3, 0.4) is 0 Å². The molecule has 2 saturated heterocycles. The molecule has 33 heavy (non-hydrogen) atoms. The van der Waals surface area contributed by atoms with Crippen LogP contribution in [-0.4, -0.2) is 38.2 Å². The fraction of sp³-hybridized carbons (Fsp3) is 0.462. The molecule has 2 atom stereocenters. The lowest BCUT2D eigenvalue weighted by Crippen LogP contribution is -2.35. The van der Waals surface area contributed by atoms with E-state index in [-0.39, 0.29) is 5.82 Å². The maximum Gasteiger partial charge on any atom is 0.129 e. The van der Waals surface area contributed by atoms with Gasteiger partial charge < -0.3 is 9.47 Å². The number of halogens is 1. The lowest BCUT2D eigenvalue weighted by molar-refractivity contribution is 0.317. The molecule has 0 bridgehead atoms. The van der Waals surface area contributed by atoms with E-state index in [9.17, 15) is 0 Å². The van der Waals surface area contributed by atoms with Gasteiger partial charge in [0.25, 0.3) is 0 Å². The number of rotatable bonds is 5. The summed E-state index contributed by atoms with van der Waals surface area (Å²) in [5.74, 6) is 0.863.